The summed E-state index contributed by atoms with van der Waals surface area (Å²) >= 11 is 3.18. The van der Waals surface area contributed by atoms with Crippen LogP contribution < -0.4 is 5.32 Å². The molecule has 1 N–H and O–H groups in total. The summed E-state index contributed by atoms with van der Waals surface area (Å²) < 4.78 is 0. The van der Waals surface area contributed by atoms with Crippen molar-refractivity contribution in [1.29, 1.82) is 0 Å². The van der Waals surface area contributed by atoms with Crippen molar-refractivity contribution in [2.24, 2.45) is 0 Å². The van der Waals surface area contributed by atoms with Gasteiger partial charge in [0.1, 0.15) is 0 Å². The molecule has 3 nitrogen and oxygen atoms in total. The van der Waals surface area contributed by atoms with Gasteiger partial charge in [0, 0.05) is 21.4 Å². The number of thiazole rings is 1. The zero-order valence-corrected chi connectivity index (χ0v) is 17.1. The van der Waals surface area contributed by atoms with E-state index in [4.69, 9.17) is 0 Å². The molecular weight excluding hydrogens is 360 g/mol. The van der Waals surface area contributed by atoms with Gasteiger partial charge in [-0.25, -0.2) is 4.98 Å². The number of hydrogen-bond acceptors (Lipinski definition) is 4. The number of rotatable bonds is 5. The van der Waals surface area contributed by atoms with Crippen molar-refractivity contribution in [3.63, 3.8) is 0 Å². The molecule has 2 aromatic carbocycles. The van der Waals surface area contributed by atoms with Crippen LogP contribution in [-0.2, 0) is 0 Å². The standard InChI is InChI=1S/C21H22N2OS2/c1-5-25-17-8-6-7-16(11-17)20(24)23-21-22-18(12-26-21)19-14(3)9-13(2)10-15(19)4/h6-12H,5H2,1-4H3,(H,22,23,24). The van der Waals surface area contributed by atoms with Crippen LogP contribution in [0.1, 0.15) is 34.0 Å². The molecule has 0 fully saturated rings. The van der Waals surface area contributed by atoms with Gasteiger partial charge in [-0.05, 0) is 55.9 Å². The zero-order chi connectivity index (χ0) is 18.7. The molecule has 0 aliphatic rings. The smallest absolute Gasteiger partial charge is 0.257 e. The van der Waals surface area contributed by atoms with Crippen LogP contribution in [0.4, 0.5) is 5.13 Å². The Morgan fingerprint density at radius 1 is 1.15 bits per heavy atom. The molecule has 0 atom stereocenters. The summed E-state index contributed by atoms with van der Waals surface area (Å²) in [5, 5.41) is 5.55. The SMILES string of the molecule is CCSc1cccc(C(=O)Nc2nc(-c3c(C)cc(C)cc3C)cs2)c1. The highest BCUT2D eigenvalue weighted by Crippen LogP contribution is 2.31. The van der Waals surface area contributed by atoms with Gasteiger partial charge in [0.05, 0.1) is 5.69 Å². The van der Waals surface area contributed by atoms with E-state index in [-0.39, 0.29) is 5.91 Å². The average molecular weight is 383 g/mol. The van der Waals surface area contributed by atoms with Gasteiger partial charge in [0.25, 0.3) is 5.91 Å². The van der Waals surface area contributed by atoms with Crippen LogP contribution in [-0.4, -0.2) is 16.6 Å². The Bertz CT molecular complexity index is 924. The maximum absolute atomic E-state index is 12.5. The van der Waals surface area contributed by atoms with Crippen molar-refractivity contribution in [3.05, 3.63) is 64.0 Å². The monoisotopic (exact) mass is 382 g/mol. The minimum Gasteiger partial charge on any atom is -0.298 e. The molecule has 3 aromatic rings. The van der Waals surface area contributed by atoms with Crippen LogP contribution in [0.25, 0.3) is 11.3 Å². The molecule has 0 bridgehead atoms. The number of nitrogens with zero attached hydrogens (tertiary/aromatic N) is 1. The first-order chi connectivity index (χ1) is 12.5. The first-order valence-electron chi connectivity index (χ1n) is 8.56. The topological polar surface area (TPSA) is 42.0 Å². The Balaban J connectivity index is 1.81. The lowest BCUT2D eigenvalue weighted by atomic mass is 9.98. The van der Waals surface area contributed by atoms with Gasteiger partial charge in [-0.3, -0.25) is 10.1 Å². The van der Waals surface area contributed by atoms with Gasteiger partial charge >= 0.3 is 0 Å². The lowest BCUT2D eigenvalue weighted by Gasteiger charge is -2.08. The summed E-state index contributed by atoms with van der Waals surface area (Å²) in [5.74, 6) is 0.859. The highest BCUT2D eigenvalue weighted by Gasteiger charge is 2.13. The Hall–Kier alpha value is -2.11. The third-order valence-electron chi connectivity index (χ3n) is 4.07. The zero-order valence-electron chi connectivity index (χ0n) is 15.4. The Morgan fingerprint density at radius 3 is 2.58 bits per heavy atom. The molecule has 5 heteroatoms. The molecule has 0 unspecified atom stereocenters. The van der Waals surface area contributed by atoms with Crippen LogP contribution in [0, 0.1) is 20.8 Å². The van der Waals surface area contributed by atoms with Gasteiger partial charge in [-0.2, -0.15) is 0 Å². The summed E-state index contributed by atoms with van der Waals surface area (Å²) in [5.41, 5.74) is 6.37. The van der Waals surface area contributed by atoms with E-state index in [0.29, 0.717) is 10.7 Å². The van der Waals surface area contributed by atoms with E-state index in [1.807, 2.05) is 29.6 Å². The fourth-order valence-corrected chi connectivity index (χ4v) is 4.51. The van der Waals surface area contributed by atoms with Gasteiger partial charge < -0.3 is 0 Å². The number of carbonyl (C=O) groups excluding carboxylic acids is 1. The predicted octanol–water partition coefficient (Wildman–Crippen LogP) is 6.10. The average Bonchev–Trinajstić information content (AvgIpc) is 3.02. The van der Waals surface area contributed by atoms with E-state index in [1.54, 1.807) is 11.8 Å². The number of thioether (sulfide) groups is 1. The van der Waals surface area contributed by atoms with Crippen LogP contribution in [0.15, 0.2) is 46.7 Å². The van der Waals surface area contributed by atoms with Crippen molar-refractivity contribution in [3.8, 4) is 11.3 Å². The van der Waals surface area contributed by atoms with E-state index < -0.39 is 0 Å². The number of carbonyl (C=O) groups is 1. The Kier molecular flexibility index (Phi) is 5.79. The molecule has 134 valence electrons. The number of amides is 1. The van der Waals surface area contributed by atoms with Crippen molar-refractivity contribution >= 4 is 34.1 Å². The number of aryl methyl sites for hydroxylation is 3. The van der Waals surface area contributed by atoms with Crippen molar-refractivity contribution in [2.45, 2.75) is 32.6 Å². The molecule has 0 saturated heterocycles. The van der Waals surface area contributed by atoms with E-state index in [9.17, 15) is 4.79 Å². The molecule has 26 heavy (non-hydrogen) atoms. The molecular formula is C21H22N2OS2. The second-order valence-corrected chi connectivity index (χ2v) is 8.42. The maximum Gasteiger partial charge on any atom is 0.257 e. The molecule has 0 spiro atoms. The number of aromatic nitrogens is 1. The first-order valence-corrected chi connectivity index (χ1v) is 10.4. The minimum atomic E-state index is -0.123. The molecule has 1 amide bonds. The second-order valence-electron chi connectivity index (χ2n) is 6.23. The highest BCUT2D eigenvalue weighted by molar-refractivity contribution is 7.99. The van der Waals surface area contributed by atoms with Crippen LogP contribution in [0.2, 0.25) is 0 Å². The summed E-state index contributed by atoms with van der Waals surface area (Å²) in [6.45, 7) is 8.40. The number of benzene rings is 2. The maximum atomic E-state index is 12.5. The van der Waals surface area contributed by atoms with E-state index >= 15 is 0 Å². The summed E-state index contributed by atoms with van der Waals surface area (Å²) in [7, 11) is 0. The molecule has 0 aliphatic carbocycles. The third kappa shape index (κ3) is 4.17. The summed E-state index contributed by atoms with van der Waals surface area (Å²) in [4.78, 5) is 18.3. The molecule has 0 aliphatic heterocycles. The van der Waals surface area contributed by atoms with Crippen LogP contribution in [0.5, 0.6) is 0 Å². The van der Waals surface area contributed by atoms with E-state index in [2.05, 4.69) is 50.1 Å². The van der Waals surface area contributed by atoms with Crippen molar-refractivity contribution in [1.82, 2.24) is 4.98 Å². The first kappa shape index (κ1) is 18.7. The van der Waals surface area contributed by atoms with E-state index in [1.165, 1.54) is 28.0 Å². The fraction of sp³-hybridized carbons (Fsp3) is 0.238. The molecule has 1 heterocycles. The van der Waals surface area contributed by atoms with E-state index in [0.717, 1.165) is 21.9 Å². The third-order valence-corrected chi connectivity index (χ3v) is 5.70. The van der Waals surface area contributed by atoms with Crippen LogP contribution in [0.3, 0.4) is 0 Å². The summed E-state index contributed by atoms with van der Waals surface area (Å²) in [6, 6.07) is 12.0. The van der Waals surface area contributed by atoms with Gasteiger partial charge in [0.15, 0.2) is 5.13 Å². The van der Waals surface area contributed by atoms with Gasteiger partial charge in [-0.1, -0.05) is 30.7 Å². The largest absolute Gasteiger partial charge is 0.298 e. The van der Waals surface area contributed by atoms with Crippen molar-refractivity contribution < 1.29 is 4.79 Å². The normalized spacial score (nSPS) is 10.8. The number of anilines is 1. The molecule has 0 radical (unpaired) electrons. The number of nitrogens with one attached hydrogen (secondary N) is 1. The minimum absolute atomic E-state index is 0.123. The highest BCUT2D eigenvalue weighted by atomic mass is 32.2. The summed E-state index contributed by atoms with van der Waals surface area (Å²) in [6.07, 6.45) is 0. The van der Waals surface area contributed by atoms with Gasteiger partial charge in [0.2, 0.25) is 0 Å². The van der Waals surface area contributed by atoms with Crippen LogP contribution >= 0.6 is 23.1 Å². The Morgan fingerprint density at radius 2 is 1.88 bits per heavy atom. The molecule has 3 rings (SSSR count). The van der Waals surface area contributed by atoms with Gasteiger partial charge in [-0.15, -0.1) is 23.1 Å². The number of hydrogen-bond donors (Lipinski definition) is 1. The lowest BCUT2D eigenvalue weighted by Crippen LogP contribution is -2.11. The molecule has 1 aromatic heterocycles. The fourth-order valence-electron chi connectivity index (χ4n) is 3.09. The Labute approximate surface area is 162 Å². The molecule has 0 saturated carbocycles. The predicted molar refractivity (Wildman–Crippen MR) is 113 cm³/mol. The van der Waals surface area contributed by atoms with Crippen molar-refractivity contribution in [2.75, 3.05) is 11.1 Å². The second kappa shape index (κ2) is 8.06. The quantitative estimate of drug-likeness (QED) is 0.542. The lowest BCUT2D eigenvalue weighted by molar-refractivity contribution is 0.102.